The molecule has 1 heterocycles. The fraction of sp³-hybridized carbons (Fsp3) is 0.231. The summed E-state index contributed by atoms with van der Waals surface area (Å²) in [4.78, 5) is 0. The highest BCUT2D eigenvalue weighted by Gasteiger charge is 2.32. The minimum Gasteiger partial charge on any atom is -0.380 e. The Balaban J connectivity index is 2.55. The Labute approximate surface area is 98.2 Å². The SMILES string of the molecule is CCC(O)(c1ccsc1)c1ccccc1F. The van der Waals surface area contributed by atoms with Crippen LogP contribution in [0.15, 0.2) is 41.1 Å². The molecule has 2 aromatic rings. The third-order valence-corrected chi connectivity index (χ3v) is 3.51. The number of hydrogen-bond acceptors (Lipinski definition) is 2. The maximum absolute atomic E-state index is 13.7. The molecule has 0 saturated carbocycles. The fourth-order valence-corrected chi connectivity index (χ4v) is 2.57. The topological polar surface area (TPSA) is 20.2 Å². The van der Waals surface area contributed by atoms with Crippen molar-refractivity contribution in [2.75, 3.05) is 0 Å². The van der Waals surface area contributed by atoms with E-state index in [0.717, 1.165) is 5.56 Å². The van der Waals surface area contributed by atoms with Crippen molar-refractivity contribution in [3.8, 4) is 0 Å². The van der Waals surface area contributed by atoms with Crippen molar-refractivity contribution in [3.05, 3.63) is 58.0 Å². The molecule has 0 fully saturated rings. The van der Waals surface area contributed by atoms with Gasteiger partial charge in [-0.25, -0.2) is 4.39 Å². The summed E-state index contributed by atoms with van der Waals surface area (Å²) >= 11 is 1.50. The summed E-state index contributed by atoms with van der Waals surface area (Å²) in [5, 5.41) is 14.3. The van der Waals surface area contributed by atoms with Gasteiger partial charge in [0.05, 0.1) is 0 Å². The van der Waals surface area contributed by atoms with Gasteiger partial charge in [-0.05, 0) is 34.9 Å². The van der Waals surface area contributed by atoms with E-state index in [1.54, 1.807) is 18.2 Å². The van der Waals surface area contributed by atoms with Crippen molar-refractivity contribution in [2.45, 2.75) is 18.9 Å². The van der Waals surface area contributed by atoms with E-state index in [1.165, 1.54) is 17.4 Å². The van der Waals surface area contributed by atoms with Crippen LogP contribution in [0.4, 0.5) is 4.39 Å². The molecule has 84 valence electrons. The Morgan fingerprint density at radius 3 is 2.62 bits per heavy atom. The number of benzene rings is 1. The van der Waals surface area contributed by atoms with Crippen molar-refractivity contribution in [2.24, 2.45) is 0 Å². The van der Waals surface area contributed by atoms with E-state index in [2.05, 4.69) is 0 Å². The lowest BCUT2D eigenvalue weighted by Gasteiger charge is -2.27. The molecular formula is C13H13FOS. The maximum Gasteiger partial charge on any atom is 0.129 e. The Bertz CT molecular complexity index is 467. The van der Waals surface area contributed by atoms with Gasteiger partial charge in [0.2, 0.25) is 0 Å². The maximum atomic E-state index is 13.7. The summed E-state index contributed by atoms with van der Waals surface area (Å²) < 4.78 is 13.7. The first-order valence-corrected chi connectivity index (χ1v) is 6.13. The number of aliphatic hydroxyl groups is 1. The predicted molar refractivity (Wildman–Crippen MR) is 64.0 cm³/mol. The summed E-state index contributed by atoms with van der Waals surface area (Å²) in [6, 6.07) is 8.22. The smallest absolute Gasteiger partial charge is 0.129 e. The second kappa shape index (κ2) is 4.36. The molecule has 1 unspecified atom stereocenters. The van der Waals surface area contributed by atoms with E-state index in [-0.39, 0.29) is 5.82 Å². The fourth-order valence-electron chi connectivity index (χ4n) is 1.85. The number of hydrogen-bond donors (Lipinski definition) is 1. The second-order valence-electron chi connectivity index (χ2n) is 3.71. The van der Waals surface area contributed by atoms with Gasteiger partial charge >= 0.3 is 0 Å². The third-order valence-electron chi connectivity index (χ3n) is 2.83. The third kappa shape index (κ3) is 1.77. The van der Waals surface area contributed by atoms with Crippen LogP contribution in [0.5, 0.6) is 0 Å². The zero-order chi connectivity index (χ0) is 11.6. The molecule has 1 aromatic carbocycles. The van der Waals surface area contributed by atoms with Crippen molar-refractivity contribution < 1.29 is 9.50 Å². The van der Waals surface area contributed by atoms with Gasteiger partial charge in [0, 0.05) is 5.56 Å². The number of halogens is 1. The zero-order valence-corrected chi connectivity index (χ0v) is 9.80. The second-order valence-corrected chi connectivity index (χ2v) is 4.49. The lowest BCUT2D eigenvalue weighted by atomic mass is 9.85. The first kappa shape index (κ1) is 11.3. The quantitative estimate of drug-likeness (QED) is 0.864. The van der Waals surface area contributed by atoms with Gasteiger partial charge in [-0.15, -0.1) is 0 Å². The van der Waals surface area contributed by atoms with E-state index in [9.17, 15) is 9.50 Å². The van der Waals surface area contributed by atoms with Crippen LogP contribution < -0.4 is 0 Å². The molecule has 16 heavy (non-hydrogen) atoms. The lowest BCUT2D eigenvalue weighted by molar-refractivity contribution is 0.0730. The van der Waals surface area contributed by atoms with E-state index in [1.807, 2.05) is 23.8 Å². The lowest BCUT2D eigenvalue weighted by Crippen LogP contribution is -2.26. The van der Waals surface area contributed by atoms with Crippen LogP contribution in [0.2, 0.25) is 0 Å². The highest BCUT2D eigenvalue weighted by atomic mass is 32.1. The summed E-state index contributed by atoms with van der Waals surface area (Å²) in [7, 11) is 0. The van der Waals surface area contributed by atoms with Crippen LogP contribution in [0, 0.1) is 5.82 Å². The van der Waals surface area contributed by atoms with Gasteiger partial charge in [-0.2, -0.15) is 11.3 Å². The molecule has 1 nitrogen and oxygen atoms in total. The van der Waals surface area contributed by atoms with Crippen molar-refractivity contribution >= 4 is 11.3 Å². The molecule has 0 bridgehead atoms. The van der Waals surface area contributed by atoms with E-state index < -0.39 is 5.60 Å². The van der Waals surface area contributed by atoms with Crippen LogP contribution in [0.25, 0.3) is 0 Å². The molecule has 1 aromatic heterocycles. The van der Waals surface area contributed by atoms with Gasteiger partial charge < -0.3 is 5.11 Å². The van der Waals surface area contributed by atoms with Crippen LogP contribution in [-0.2, 0) is 5.60 Å². The number of thiophene rings is 1. The molecule has 0 radical (unpaired) electrons. The monoisotopic (exact) mass is 236 g/mol. The highest BCUT2D eigenvalue weighted by Crippen LogP contribution is 2.35. The van der Waals surface area contributed by atoms with E-state index in [4.69, 9.17) is 0 Å². The molecule has 3 heteroatoms. The highest BCUT2D eigenvalue weighted by molar-refractivity contribution is 7.08. The minimum absolute atomic E-state index is 0.343. The van der Waals surface area contributed by atoms with Crippen LogP contribution >= 0.6 is 11.3 Å². The molecular weight excluding hydrogens is 223 g/mol. The summed E-state index contributed by atoms with van der Waals surface area (Å²) in [6.07, 6.45) is 0.449. The first-order valence-electron chi connectivity index (χ1n) is 5.18. The summed E-state index contributed by atoms with van der Waals surface area (Å²) in [6.45, 7) is 1.85. The summed E-state index contributed by atoms with van der Waals surface area (Å²) in [5.74, 6) is -0.363. The Morgan fingerprint density at radius 1 is 1.31 bits per heavy atom. The summed E-state index contributed by atoms with van der Waals surface area (Å²) in [5.41, 5.74) is -0.119. The van der Waals surface area contributed by atoms with Gasteiger partial charge in [-0.1, -0.05) is 25.1 Å². The van der Waals surface area contributed by atoms with Gasteiger partial charge in [0.25, 0.3) is 0 Å². The van der Waals surface area contributed by atoms with Crippen molar-refractivity contribution in [3.63, 3.8) is 0 Å². The van der Waals surface area contributed by atoms with Crippen LogP contribution in [0.1, 0.15) is 24.5 Å². The van der Waals surface area contributed by atoms with Gasteiger partial charge in [0.15, 0.2) is 0 Å². The molecule has 0 amide bonds. The van der Waals surface area contributed by atoms with Crippen LogP contribution in [-0.4, -0.2) is 5.11 Å². The Morgan fingerprint density at radius 2 is 2.06 bits per heavy atom. The normalized spacial score (nSPS) is 14.7. The zero-order valence-electron chi connectivity index (χ0n) is 8.98. The first-order chi connectivity index (χ1) is 7.68. The standard InChI is InChI=1S/C13H13FOS/c1-2-13(15,10-7-8-16-9-10)11-5-3-4-6-12(11)14/h3-9,15H,2H2,1H3. The predicted octanol–water partition coefficient (Wildman–Crippen LogP) is 3.53. The van der Waals surface area contributed by atoms with E-state index >= 15 is 0 Å². The molecule has 0 aliphatic carbocycles. The molecule has 0 aliphatic heterocycles. The van der Waals surface area contributed by atoms with Crippen molar-refractivity contribution in [1.82, 2.24) is 0 Å². The average Bonchev–Trinajstić information content (AvgIpc) is 2.82. The molecule has 0 aliphatic rings. The Hall–Kier alpha value is -1.19. The molecule has 2 rings (SSSR count). The molecule has 1 N–H and O–H groups in total. The van der Waals surface area contributed by atoms with E-state index in [0.29, 0.717) is 12.0 Å². The Kier molecular flexibility index (Phi) is 3.08. The number of rotatable bonds is 3. The molecule has 1 atom stereocenters. The molecule has 0 spiro atoms. The van der Waals surface area contributed by atoms with Gasteiger partial charge in [0.1, 0.15) is 11.4 Å². The largest absolute Gasteiger partial charge is 0.380 e. The molecule has 0 saturated heterocycles. The van der Waals surface area contributed by atoms with Crippen molar-refractivity contribution in [1.29, 1.82) is 0 Å². The minimum atomic E-state index is -1.22. The van der Waals surface area contributed by atoms with Gasteiger partial charge in [-0.3, -0.25) is 0 Å². The van der Waals surface area contributed by atoms with Crippen LogP contribution in [0.3, 0.4) is 0 Å². The average molecular weight is 236 g/mol.